The van der Waals surface area contributed by atoms with Gasteiger partial charge >= 0.3 is 13.1 Å². The molecule has 0 amide bonds. The summed E-state index contributed by atoms with van der Waals surface area (Å²) in [6, 6.07) is 14.3. The first-order chi connectivity index (χ1) is 12.2. The van der Waals surface area contributed by atoms with Crippen LogP contribution in [0.2, 0.25) is 0 Å². The number of carboxylic acids is 1. The van der Waals surface area contributed by atoms with Gasteiger partial charge in [-0.15, -0.1) is 0 Å². The molecule has 3 rings (SSSR count). The van der Waals surface area contributed by atoms with Crippen molar-refractivity contribution in [3.8, 4) is 5.75 Å². The normalized spacial score (nSPS) is 17.9. The molecule has 2 aromatic carbocycles. The summed E-state index contributed by atoms with van der Waals surface area (Å²) >= 11 is 0. The summed E-state index contributed by atoms with van der Waals surface area (Å²) in [6.07, 6.45) is 0. The van der Waals surface area contributed by atoms with Gasteiger partial charge < -0.3 is 19.2 Å². The maximum absolute atomic E-state index is 11.0. The lowest BCUT2D eigenvalue weighted by atomic mass is 9.79. The van der Waals surface area contributed by atoms with Crippen molar-refractivity contribution in [1.29, 1.82) is 0 Å². The Bertz CT molecular complexity index is 782. The van der Waals surface area contributed by atoms with Crippen molar-refractivity contribution in [3.63, 3.8) is 0 Å². The van der Waals surface area contributed by atoms with Gasteiger partial charge in [0.05, 0.1) is 16.8 Å². The topological polar surface area (TPSA) is 65.0 Å². The van der Waals surface area contributed by atoms with Crippen LogP contribution in [-0.2, 0) is 15.9 Å². The monoisotopic (exact) mass is 354 g/mol. The van der Waals surface area contributed by atoms with Crippen LogP contribution in [-0.4, -0.2) is 29.4 Å². The van der Waals surface area contributed by atoms with E-state index in [1.807, 2.05) is 58.0 Å². The van der Waals surface area contributed by atoms with Gasteiger partial charge in [-0.1, -0.05) is 24.3 Å². The Morgan fingerprint density at radius 2 is 1.65 bits per heavy atom. The molecule has 1 aliphatic rings. The van der Waals surface area contributed by atoms with Crippen LogP contribution < -0.4 is 10.2 Å². The van der Waals surface area contributed by atoms with Crippen LogP contribution in [0.5, 0.6) is 5.75 Å². The molecule has 1 fully saturated rings. The number of hydrogen-bond donors (Lipinski definition) is 1. The molecule has 0 atom stereocenters. The lowest BCUT2D eigenvalue weighted by Crippen LogP contribution is -2.41. The number of carbonyl (C=O) groups is 1. The summed E-state index contributed by atoms with van der Waals surface area (Å²) in [5.74, 6) is -0.246. The van der Waals surface area contributed by atoms with Gasteiger partial charge in [0.15, 0.2) is 0 Å². The molecule has 0 spiro atoms. The molecule has 1 aliphatic heterocycles. The zero-order chi connectivity index (χ0) is 18.9. The van der Waals surface area contributed by atoms with Crippen molar-refractivity contribution in [2.45, 2.75) is 45.5 Å². The van der Waals surface area contributed by atoms with Crippen molar-refractivity contribution in [2.75, 3.05) is 0 Å². The predicted octanol–water partition coefficient (Wildman–Crippen LogP) is 3.26. The van der Waals surface area contributed by atoms with Crippen molar-refractivity contribution in [3.05, 3.63) is 59.7 Å². The predicted molar refractivity (Wildman–Crippen MR) is 99.9 cm³/mol. The standard InChI is InChI=1S/C20H23BO5/c1-19(2)20(3,4)26-21(25-19)16-8-10-17(11-9-16)24-13-14-6-5-7-15(12-14)18(22)23/h5-12H,13H2,1-4H3,(H,22,23). The molecular formula is C20H23BO5. The lowest BCUT2D eigenvalue weighted by Gasteiger charge is -2.32. The first-order valence-corrected chi connectivity index (χ1v) is 8.59. The lowest BCUT2D eigenvalue weighted by molar-refractivity contribution is 0.00578. The second kappa shape index (κ2) is 6.78. The van der Waals surface area contributed by atoms with Crippen LogP contribution >= 0.6 is 0 Å². The zero-order valence-electron chi connectivity index (χ0n) is 15.5. The molecule has 136 valence electrons. The number of aromatic carboxylic acids is 1. The number of benzene rings is 2. The highest BCUT2D eigenvalue weighted by Gasteiger charge is 2.51. The maximum atomic E-state index is 11.0. The molecule has 26 heavy (non-hydrogen) atoms. The zero-order valence-corrected chi connectivity index (χ0v) is 15.5. The van der Waals surface area contributed by atoms with E-state index in [4.69, 9.17) is 19.2 Å². The third kappa shape index (κ3) is 3.76. The number of rotatable bonds is 5. The number of ether oxygens (including phenoxy) is 1. The van der Waals surface area contributed by atoms with Gasteiger partial charge in [-0.2, -0.15) is 0 Å². The van der Waals surface area contributed by atoms with Gasteiger partial charge in [-0.3, -0.25) is 0 Å². The molecule has 0 radical (unpaired) electrons. The van der Waals surface area contributed by atoms with Gasteiger partial charge in [0, 0.05) is 0 Å². The Morgan fingerprint density at radius 1 is 1.04 bits per heavy atom. The molecule has 0 unspecified atom stereocenters. The first-order valence-electron chi connectivity index (χ1n) is 8.59. The van der Waals surface area contributed by atoms with Gasteiger partial charge in [-0.25, -0.2) is 4.79 Å². The Balaban J connectivity index is 1.64. The molecule has 0 aromatic heterocycles. The molecule has 1 heterocycles. The van der Waals surface area contributed by atoms with Crippen molar-refractivity contribution in [1.82, 2.24) is 0 Å². The largest absolute Gasteiger partial charge is 0.494 e. The maximum Gasteiger partial charge on any atom is 0.494 e. The Morgan fingerprint density at radius 3 is 2.23 bits per heavy atom. The number of carboxylic acid groups (broad SMARTS) is 1. The summed E-state index contributed by atoms with van der Waals surface area (Å²) in [5.41, 5.74) is 1.25. The molecule has 5 nitrogen and oxygen atoms in total. The number of hydrogen-bond acceptors (Lipinski definition) is 4. The molecule has 0 bridgehead atoms. The van der Waals surface area contributed by atoms with Crippen LogP contribution in [0.4, 0.5) is 0 Å². The molecule has 2 aromatic rings. The summed E-state index contributed by atoms with van der Waals surface area (Å²) < 4.78 is 17.8. The average molecular weight is 354 g/mol. The Labute approximate surface area is 154 Å². The van der Waals surface area contributed by atoms with E-state index >= 15 is 0 Å². The van der Waals surface area contributed by atoms with E-state index in [0.717, 1.165) is 11.0 Å². The van der Waals surface area contributed by atoms with E-state index in [0.29, 0.717) is 12.4 Å². The van der Waals surface area contributed by atoms with Crippen molar-refractivity contribution < 1.29 is 23.9 Å². The SMILES string of the molecule is CC1(C)OB(c2ccc(OCc3cccc(C(=O)O)c3)cc2)OC1(C)C. The van der Waals surface area contributed by atoms with Crippen LogP contribution in [0, 0.1) is 0 Å². The van der Waals surface area contributed by atoms with Crippen LogP contribution in [0.15, 0.2) is 48.5 Å². The molecule has 1 saturated heterocycles. The second-order valence-electron chi connectivity index (χ2n) is 7.45. The molecule has 0 aliphatic carbocycles. The van der Waals surface area contributed by atoms with Crippen molar-refractivity contribution >= 4 is 18.6 Å². The average Bonchev–Trinajstić information content (AvgIpc) is 2.81. The van der Waals surface area contributed by atoms with E-state index in [9.17, 15) is 4.79 Å². The molecule has 1 N–H and O–H groups in total. The van der Waals surface area contributed by atoms with Gasteiger partial charge in [0.1, 0.15) is 12.4 Å². The Hall–Kier alpha value is -2.31. The van der Waals surface area contributed by atoms with Crippen LogP contribution in [0.25, 0.3) is 0 Å². The van der Waals surface area contributed by atoms with Crippen LogP contribution in [0.1, 0.15) is 43.6 Å². The first kappa shape index (κ1) is 18.5. The summed E-state index contributed by atoms with van der Waals surface area (Å²) in [5, 5.41) is 9.04. The summed E-state index contributed by atoms with van der Waals surface area (Å²) in [7, 11) is -0.402. The molecular weight excluding hydrogens is 331 g/mol. The second-order valence-corrected chi connectivity index (χ2v) is 7.45. The van der Waals surface area contributed by atoms with E-state index < -0.39 is 13.1 Å². The highest BCUT2D eigenvalue weighted by atomic mass is 16.7. The van der Waals surface area contributed by atoms with Gasteiger partial charge in [-0.05, 0) is 63.0 Å². The third-order valence-corrected chi connectivity index (χ3v) is 4.98. The third-order valence-electron chi connectivity index (χ3n) is 4.98. The fourth-order valence-corrected chi connectivity index (χ4v) is 2.66. The highest BCUT2D eigenvalue weighted by Crippen LogP contribution is 2.36. The fourth-order valence-electron chi connectivity index (χ4n) is 2.66. The minimum atomic E-state index is -0.946. The smallest absolute Gasteiger partial charge is 0.489 e. The van der Waals surface area contributed by atoms with Gasteiger partial charge in [0.2, 0.25) is 0 Å². The van der Waals surface area contributed by atoms with E-state index in [-0.39, 0.29) is 16.8 Å². The summed E-state index contributed by atoms with van der Waals surface area (Å²) in [4.78, 5) is 11.0. The molecule has 0 saturated carbocycles. The highest BCUT2D eigenvalue weighted by molar-refractivity contribution is 6.62. The quantitative estimate of drug-likeness (QED) is 0.835. The minimum Gasteiger partial charge on any atom is -0.489 e. The van der Waals surface area contributed by atoms with Gasteiger partial charge in [0.25, 0.3) is 0 Å². The summed E-state index contributed by atoms with van der Waals surface area (Å²) in [6.45, 7) is 8.40. The van der Waals surface area contributed by atoms with Crippen molar-refractivity contribution in [2.24, 2.45) is 0 Å². The van der Waals surface area contributed by atoms with E-state index in [1.165, 1.54) is 0 Å². The molecule has 6 heteroatoms. The van der Waals surface area contributed by atoms with E-state index in [1.54, 1.807) is 18.2 Å². The minimum absolute atomic E-state index is 0.252. The van der Waals surface area contributed by atoms with Crippen LogP contribution in [0.3, 0.4) is 0 Å². The fraction of sp³-hybridized carbons (Fsp3) is 0.350. The Kier molecular flexibility index (Phi) is 4.82. The van der Waals surface area contributed by atoms with E-state index in [2.05, 4.69) is 0 Å².